The molecule has 0 bridgehead atoms. The molecule has 0 saturated carbocycles. The van der Waals surface area contributed by atoms with Crippen LogP contribution in [-0.4, -0.2) is 9.97 Å². The van der Waals surface area contributed by atoms with Crippen LogP contribution in [0.5, 0.6) is 5.88 Å². The van der Waals surface area contributed by atoms with E-state index < -0.39 is 11.7 Å². The molecule has 3 rings (SSSR count). The summed E-state index contributed by atoms with van der Waals surface area (Å²) in [7, 11) is 0. The molecule has 1 aromatic heterocycles. The average Bonchev–Trinajstić information content (AvgIpc) is 2.60. The highest BCUT2D eigenvalue weighted by atomic mass is 127. The largest absolute Gasteiger partial charge is 0.472 e. The Morgan fingerprint density at radius 2 is 1.72 bits per heavy atom. The zero-order valence-electron chi connectivity index (χ0n) is 12.8. The fourth-order valence-electron chi connectivity index (χ4n) is 2.16. The number of ether oxygens (including phenoxy) is 1. The number of alkyl halides is 3. The van der Waals surface area contributed by atoms with E-state index in [2.05, 4.69) is 9.97 Å². The number of rotatable bonds is 4. The summed E-state index contributed by atoms with van der Waals surface area (Å²) in [5, 5.41) is 0. The second kappa shape index (κ2) is 7.38. The molecule has 0 spiro atoms. The van der Waals surface area contributed by atoms with E-state index in [1.807, 2.05) is 52.9 Å². The molecule has 128 valence electrons. The highest BCUT2D eigenvalue weighted by molar-refractivity contribution is 14.1. The lowest BCUT2D eigenvalue weighted by Gasteiger charge is -2.10. The summed E-state index contributed by atoms with van der Waals surface area (Å²) in [6.45, 7) is 0.368. The lowest BCUT2D eigenvalue weighted by atomic mass is 10.1. The maximum atomic E-state index is 12.7. The van der Waals surface area contributed by atoms with Gasteiger partial charge in [0.25, 0.3) is 0 Å². The summed E-state index contributed by atoms with van der Waals surface area (Å²) < 4.78 is 44.2. The topological polar surface area (TPSA) is 35.0 Å². The van der Waals surface area contributed by atoms with Crippen molar-refractivity contribution in [3.05, 3.63) is 75.6 Å². The molecule has 3 nitrogen and oxygen atoms in total. The van der Waals surface area contributed by atoms with Crippen LogP contribution in [-0.2, 0) is 12.8 Å². The van der Waals surface area contributed by atoms with Crippen molar-refractivity contribution < 1.29 is 17.9 Å². The molecule has 2 aromatic carbocycles. The Morgan fingerprint density at radius 3 is 2.32 bits per heavy atom. The highest BCUT2D eigenvalue weighted by Gasteiger charge is 2.30. The first-order chi connectivity index (χ1) is 11.9. The van der Waals surface area contributed by atoms with Crippen LogP contribution < -0.4 is 4.74 Å². The van der Waals surface area contributed by atoms with E-state index in [0.29, 0.717) is 27.3 Å². The minimum Gasteiger partial charge on any atom is -0.472 e. The molecule has 0 aliphatic heterocycles. The molecule has 0 aliphatic rings. The molecule has 0 fully saturated rings. The number of benzene rings is 2. The predicted molar refractivity (Wildman–Crippen MR) is 96.0 cm³/mol. The van der Waals surface area contributed by atoms with Crippen molar-refractivity contribution in [3.8, 4) is 17.1 Å². The fraction of sp³-hybridized carbons (Fsp3) is 0.111. The van der Waals surface area contributed by atoms with E-state index in [-0.39, 0.29) is 0 Å². The Balaban J connectivity index is 1.74. The van der Waals surface area contributed by atoms with Gasteiger partial charge in [-0.2, -0.15) is 13.2 Å². The van der Waals surface area contributed by atoms with E-state index in [9.17, 15) is 13.2 Å². The van der Waals surface area contributed by atoms with Gasteiger partial charge in [-0.15, -0.1) is 0 Å². The maximum Gasteiger partial charge on any atom is 0.416 e. The molecule has 0 unspecified atom stereocenters. The summed E-state index contributed by atoms with van der Waals surface area (Å²) in [5.41, 5.74) is 1.41. The number of hydrogen-bond donors (Lipinski definition) is 0. The van der Waals surface area contributed by atoms with Crippen molar-refractivity contribution in [1.82, 2.24) is 9.97 Å². The first kappa shape index (κ1) is 17.7. The lowest BCUT2D eigenvalue weighted by molar-refractivity contribution is -0.137. The van der Waals surface area contributed by atoms with Gasteiger partial charge < -0.3 is 4.74 Å². The van der Waals surface area contributed by atoms with Gasteiger partial charge in [-0.1, -0.05) is 36.4 Å². The second-order valence-electron chi connectivity index (χ2n) is 5.21. The number of hydrogen-bond acceptors (Lipinski definition) is 3. The Morgan fingerprint density at radius 1 is 0.960 bits per heavy atom. The number of aromatic nitrogens is 2. The van der Waals surface area contributed by atoms with E-state index in [1.165, 1.54) is 18.5 Å². The first-order valence-electron chi connectivity index (χ1n) is 7.29. The molecule has 0 aliphatic carbocycles. The third-order valence-corrected chi connectivity index (χ3v) is 4.32. The minimum atomic E-state index is -4.36. The molecule has 0 radical (unpaired) electrons. The van der Waals surface area contributed by atoms with Gasteiger partial charge in [0.15, 0.2) is 0 Å². The lowest BCUT2D eigenvalue weighted by Crippen LogP contribution is -2.05. The van der Waals surface area contributed by atoms with Gasteiger partial charge in [-0.25, -0.2) is 9.97 Å². The van der Waals surface area contributed by atoms with E-state index >= 15 is 0 Å². The molecule has 7 heteroatoms. The van der Waals surface area contributed by atoms with Gasteiger partial charge in [0, 0.05) is 9.13 Å². The van der Waals surface area contributed by atoms with Crippen molar-refractivity contribution in [2.45, 2.75) is 12.8 Å². The first-order valence-corrected chi connectivity index (χ1v) is 8.37. The van der Waals surface area contributed by atoms with Crippen LogP contribution in [0.15, 0.2) is 60.9 Å². The van der Waals surface area contributed by atoms with Crippen molar-refractivity contribution in [2.75, 3.05) is 0 Å². The molecule has 0 amide bonds. The fourth-order valence-corrected chi connectivity index (χ4v) is 2.95. The average molecular weight is 456 g/mol. The van der Waals surface area contributed by atoms with Crippen LogP contribution in [0.2, 0.25) is 0 Å². The van der Waals surface area contributed by atoms with Crippen molar-refractivity contribution >= 4 is 22.6 Å². The van der Waals surface area contributed by atoms with Crippen LogP contribution in [0.1, 0.15) is 11.1 Å². The molecule has 1 heterocycles. The molecular formula is C18H12F3IN2O. The van der Waals surface area contributed by atoms with Crippen LogP contribution in [0.25, 0.3) is 11.3 Å². The van der Waals surface area contributed by atoms with Crippen LogP contribution >= 0.6 is 22.6 Å². The third kappa shape index (κ3) is 4.47. The number of nitrogens with zero attached hydrogens (tertiary/aromatic N) is 2. The monoisotopic (exact) mass is 456 g/mol. The summed E-state index contributed by atoms with van der Waals surface area (Å²) >= 11 is 1.86. The van der Waals surface area contributed by atoms with Gasteiger partial charge in [0.1, 0.15) is 6.61 Å². The van der Waals surface area contributed by atoms with Crippen LogP contribution in [0.4, 0.5) is 13.2 Å². The minimum absolute atomic E-state index is 0.356. The van der Waals surface area contributed by atoms with E-state index in [4.69, 9.17) is 4.74 Å². The summed E-state index contributed by atoms with van der Waals surface area (Å²) in [5.74, 6) is 0.356. The zero-order valence-corrected chi connectivity index (χ0v) is 15.0. The summed E-state index contributed by atoms with van der Waals surface area (Å²) in [6, 6.07) is 13.2. The van der Waals surface area contributed by atoms with Gasteiger partial charge in [0.05, 0.1) is 23.7 Å². The Kier molecular flexibility index (Phi) is 5.22. The van der Waals surface area contributed by atoms with Crippen molar-refractivity contribution in [2.24, 2.45) is 0 Å². The molecule has 0 saturated heterocycles. The predicted octanol–water partition coefficient (Wildman–Crippen LogP) is 5.35. The van der Waals surface area contributed by atoms with Gasteiger partial charge in [-0.05, 0) is 40.3 Å². The van der Waals surface area contributed by atoms with E-state index in [1.54, 1.807) is 0 Å². The highest BCUT2D eigenvalue weighted by Crippen LogP contribution is 2.33. The van der Waals surface area contributed by atoms with Gasteiger partial charge in [0.2, 0.25) is 5.88 Å². The van der Waals surface area contributed by atoms with Gasteiger partial charge >= 0.3 is 6.18 Å². The molecule has 3 aromatic rings. The van der Waals surface area contributed by atoms with Crippen molar-refractivity contribution in [1.29, 1.82) is 0 Å². The third-order valence-electron chi connectivity index (χ3n) is 3.43. The SMILES string of the molecule is FC(F)(F)c1ccc(-c2cnc(OCc3ccccc3)cn2)c(I)c1. The zero-order chi connectivity index (χ0) is 17.9. The Hall–Kier alpha value is -2.16. The summed E-state index contributed by atoms with van der Waals surface area (Å²) in [4.78, 5) is 8.41. The van der Waals surface area contributed by atoms with Gasteiger partial charge in [-0.3, -0.25) is 0 Å². The molecule has 0 N–H and O–H groups in total. The molecular weight excluding hydrogens is 444 g/mol. The van der Waals surface area contributed by atoms with E-state index in [0.717, 1.165) is 17.7 Å². The second-order valence-corrected chi connectivity index (χ2v) is 6.37. The maximum absolute atomic E-state index is 12.7. The Bertz CT molecular complexity index is 852. The standard InChI is InChI=1S/C18H12F3IN2O/c19-18(20,21)13-6-7-14(15(22)8-13)16-9-24-17(10-23-16)25-11-12-4-2-1-3-5-12/h1-10H,11H2. The van der Waals surface area contributed by atoms with Crippen molar-refractivity contribution in [3.63, 3.8) is 0 Å². The van der Waals surface area contributed by atoms with Crippen LogP contribution in [0, 0.1) is 3.57 Å². The smallest absolute Gasteiger partial charge is 0.416 e. The van der Waals surface area contributed by atoms with Crippen LogP contribution in [0.3, 0.4) is 0 Å². The summed E-state index contributed by atoms with van der Waals surface area (Å²) in [6.07, 6.45) is -1.41. The molecule has 25 heavy (non-hydrogen) atoms. The normalized spacial score (nSPS) is 11.4. The Labute approximate surface area is 156 Å². The number of halogens is 4. The molecule has 0 atom stereocenters. The quantitative estimate of drug-likeness (QED) is 0.497.